The van der Waals surface area contributed by atoms with Gasteiger partial charge in [0.15, 0.2) is 28.6 Å². The Balaban J connectivity index is 1.99. The Bertz CT molecular complexity index is 1330. The van der Waals surface area contributed by atoms with Gasteiger partial charge in [-0.25, -0.2) is 27.5 Å². The highest BCUT2D eigenvalue weighted by molar-refractivity contribution is 6.30. The predicted octanol–water partition coefficient (Wildman–Crippen LogP) is 3.92. The number of aromatic nitrogens is 4. The third kappa shape index (κ3) is 3.17. The zero-order valence-electron chi connectivity index (χ0n) is 14.8. The van der Waals surface area contributed by atoms with Gasteiger partial charge in [-0.15, -0.1) is 0 Å². The van der Waals surface area contributed by atoms with E-state index in [1.807, 2.05) is 0 Å². The molecule has 0 unspecified atom stereocenters. The molecule has 0 saturated heterocycles. The average molecular weight is 423 g/mol. The molecular weight excluding hydrogens is 412 g/mol. The molecule has 0 aliphatic heterocycles. The molecule has 4 aromatic rings. The topological polar surface area (TPSA) is 52.7 Å². The molecule has 0 N–H and O–H groups in total. The number of halogens is 5. The van der Waals surface area contributed by atoms with E-state index in [-0.39, 0.29) is 39.7 Å². The fourth-order valence-corrected chi connectivity index (χ4v) is 3.10. The first-order valence-electron chi connectivity index (χ1n) is 8.28. The largest absolute Gasteiger partial charge is 0.318 e. The molecule has 0 radical (unpaired) electrons. The quantitative estimate of drug-likeness (QED) is 0.371. The summed E-state index contributed by atoms with van der Waals surface area (Å²) in [5, 5.41) is -0.151. The number of hydrogen-bond acceptors (Lipinski definition) is 3. The number of aryl methyl sites for hydroxylation is 1. The van der Waals surface area contributed by atoms with Crippen molar-refractivity contribution in [3.8, 4) is 5.69 Å². The van der Waals surface area contributed by atoms with E-state index < -0.39 is 28.8 Å². The Labute approximate surface area is 165 Å². The number of imidazole rings is 1. The van der Waals surface area contributed by atoms with Gasteiger partial charge in [-0.2, -0.15) is 0 Å². The molecule has 4 rings (SSSR count). The molecule has 2 heterocycles. The lowest BCUT2D eigenvalue weighted by Crippen LogP contribution is -2.25. The summed E-state index contributed by atoms with van der Waals surface area (Å²) >= 11 is 5.71. The number of hydrogen-bond donors (Lipinski definition) is 0. The van der Waals surface area contributed by atoms with Crippen molar-refractivity contribution in [2.24, 2.45) is 7.05 Å². The van der Waals surface area contributed by atoms with Crippen LogP contribution in [-0.2, 0) is 13.5 Å². The molecule has 148 valence electrons. The minimum Gasteiger partial charge on any atom is -0.318 e. The predicted molar refractivity (Wildman–Crippen MR) is 98.2 cm³/mol. The van der Waals surface area contributed by atoms with E-state index in [9.17, 15) is 22.4 Å². The van der Waals surface area contributed by atoms with Crippen molar-refractivity contribution in [1.82, 2.24) is 19.1 Å². The molecule has 0 spiro atoms. The molecule has 0 atom stereocenters. The third-order valence-corrected chi connectivity index (χ3v) is 4.74. The van der Waals surface area contributed by atoms with E-state index in [4.69, 9.17) is 11.6 Å². The van der Waals surface area contributed by atoms with Crippen molar-refractivity contribution in [3.05, 3.63) is 86.7 Å². The number of nitrogens with zero attached hydrogens (tertiary/aromatic N) is 4. The lowest BCUT2D eigenvalue weighted by atomic mass is 10.1. The summed E-state index contributed by atoms with van der Waals surface area (Å²) in [6.45, 7) is 0. The average Bonchev–Trinajstić information content (AvgIpc) is 3.06. The minimum atomic E-state index is -1.63. The number of benzene rings is 2. The first-order chi connectivity index (χ1) is 13.8. The molecule has 10 heteroatoms. The first-order valence-corrected chi connectivity index (χ1v) is 8.66. The molecule has 2 aromatic carbocycles. The van der Waals surface area contributed by atoms with Crippen LogP contribution in [0.3, 0.4) is 0 Å². The van der Waals surface area contributed by atoms with Crippen LogP contribution >= 0.6 is 11.6 Å². The molecule has 2 aromatic heterocycles. The van der Waals surface area contributed by atoms with Crippen molar-refractivity contribution >= 4 is 22.8 Å². The zero-order valence-corrected chi connectivity index (χ0v) is 15.5. The van der Waals surface area contributed by atoms with Gasteiger partial charge in [-0.3, -0.25) is 9.36 Å². The minimum absolute atomic E-state index is 0.0115. The summed E-state index contributed by atoms with van der Waals surface area (Å²) in [6.07, 6.45) is 1.01. The summed E-state index contributed by atoms with van der Waals surface area (Å²) < 4.78 is 57.6. The fourth-order valence-electron chi connectivity index (χ4n) is 2.98. The monoisotopic (exact) mass is 422 g/mol. The number of fused-ring (bicyclic) bond motifs is 1. The van der Waals surface area contributed by atoms with Crippen LogP contribution in [0.1, 0.15) is 11.4 Å². The van der Waals surface area contributed by atoms with E-state index in [0.717, 1.165) is 22.8 Å². The second-order valence-corrected chi connectivity index (χ2v) is 6.71. The highest BCUT2D eigenvalue weighted by atomic mass is 35.5. The van der Waals surface area contributed by atoms with E-state index in [2.05, 4.69) is 9.97 Å². The van der Waals surface area contributed by atoms with Crippen molar-refractivity contribution in [3.63, 3.8) is 0 Å². The lowest BCUT2D eigenvalue weighted by Gasteiger charge is -2.14. The summed E-state index contributed by atoms with van der Waals surface area (Å²) in [5.41, 5.74) is -0.554. The van der Waals surface area contributed by atoms with Gasteiger partial charge in [0.05, 0.1) is 17.0 Å². The summed E-state index contributed by atoms with van der Waals surface area (Å²) in [7, 11) is 1.61. The van der Waals surface area contributed by atoms with Crippen LogP contribution in [0.4, 0.5) is 17.6 Å². The number of rotatable bonds is 3. The van der Waals surface area contributed by atoms with Crippen LogP contribution in [-0.4, -0.2) is 19.1 Å². The van der Waals surface area contributed by atoms with Crippen LogP contribution in [0.2, 0.25) is 5.02 Å². The van der Waals surface area contributed by atoms with Crippen LogP contribution in [0, 0.1) is 23.3 Å². The van der Waals surface area contributed by atoms with Crippen molar-refractivity contribution < 1.29 is 17.6 Å². The Morgan fingerprint density at radius 2 is 1.79 bits per heavy atom. The van der Waals surface area contributed by atoms with Gasteiger partial charge in [0, 0.05) is 13.5 Å². The highest BCUT2D eigenvalue weighted by Gasteiger charge is 2.20. The molecular formula is C19H11ClF4N4O. The normalized spacial score (nSPS) is 11.4. The molecule has 0 bridgehead atoms. The SMILES string of the molecule is Cn1cnc2c(=O)n(-c3ccc(Cl)c(F)c3)c(Cc3ccc(F)c(F)c3F)nc21. The zero-order chi connectivity index (χ0) is 20.9. The summed E-state index contributed by atoms with van der Waals surface area (Å²) in [6, 6.07) is 5.49. The molecule has 0 aliphatic rings. The fraction of sp³-hybridized carbons (Fsp3) is 0.105. The molecule has 0 amide bonds. The molecule has 0 aliphatic carbocycles. The van der Waals surface area contributed by atoms with Crippen LogP contribution < -0.4 is 5.56 Å². The molecule has 0 fully saturated rings. The van der Waals surface area contributed by atoms with Gasteiger partial charge in [-0.1, -0.05) is 17.7 Å². The maximum atomic E-state index is 14.2. The van der Waals surface area contributed by atoms with Crippen molar-refractivity contribution in [1.29, 1.82) is 0 Å². The Kier molecular flexibility index (Phi) is 4.62. The van der Waals surface area contributed by atoms with E-state index in [1.54, 1.807) is 7.05 Å². The van der Waals surface area contributed by atoms with Gasteiger partial charge in [0.1, 0.15) is 11.6 Å². The smallest absolute Gasteiger partial charge is 0.286 e. The van der Waals surface area contributed by atoms with Crippen LogP contribution in [0.25, 0.3) is 16.9 Å². The van der Waals surface area contributed by atoms with E-state index in [0.29, 0.717) is 0 Å². The highest BCUT2D eigenvalue weighted by Crippen LogP contribution is 2.22. The van der Waals surface area contributed by atoms with Crippen molar-refractivity contribution in [2.45, 2.75) is 6.42 Å². The van der Waals surface area contributed by atoms with Gasteiger partial charge in [0.2, 0.25) is 0 Å². The van der Waals surface area contributed by atoms with Gasteiger partial charge < -0.3 is 4.57 Å². The van der Waals surface area contributed by atoms with Crippen LogP contribution in [0.5, 0.6) is 0 Å². The second kappa shape index (κ2) is 7.00. The third-order valence-electron chi connectivity index (χ3n) is 4.43. The maximum Gasteiger partial charge on any atom is 0.286 e. The second-order valence-electron chi connectivity index (χ2n) is 6.31. The standard InChI is InChI=1S/C19H11ClF4N4O/c1-27-8-25-17-18(27)26-14(6-9-2-5-12(21)16(24)15(9)23)28(19(17)29)10-3-4-11(20)13(22)7-10/h2-5,7-8H,6H2,1H3. The molecule has 5 nitrogen and oxygen atoms in total. The van der Waals surface area contributed by atoms with E-state index >= 15 is 0 Å². The Morgan fingerprint density at radius 3 is 2.52 bits per heavy atom. The summed E-state index contributed by atoms with van der Waals surface area (Å²) in [4.78, 5) is 21.4. The molecule has 0 saturated carbocycles. The first kappa shape index (κ1) is 19.1. The van der Waals surface area contributed by atoms with E-state index in [1.165, 1.54) is 23.0 Å². The molecule has 29 heavy (non-hydrogen) atoms. The van der Waals surface area contributed by atoms with Gasteiger partial charge in [0.25, 0.3) is 5.56 Å². The Hall–Kier alpha value is -3.20. The van der Waals surface area contributed by atoms with Crippen LogP contribution in [0.15, 0.2) is 41.5 Å². The lowest BCUT2D eigenvalue weighted by molar-refractivity contribution is 0.441. The maximum absolute atomic E-state index is 14.2. The Morgan fingerprint density at radius 1 is 1.03 bits per heavy atom. The van der Waals surface area contributed by atoms with Crippen molar-refractivity contribution in [2.75, 3.05) is 0 Å². The van der Waals surface area contributed by atoms with Gasteiger partial charge in [-0.05, 0) is 29.8 Å². The summed E-state index contributed by atoms with van der Waals surface area (Å²) in [5.74, 6) is -5.15. The van der Waals surface area contributed by atoms with Gasteiger partial charge >= 0.3 is 0 Å².